The second-order valence-corrected chi connectivity index (χ2v) is 10.2. The van der Waals surface area contributed by atoms with Crippen molar-refractivity contribution in [3.63, 3.8) is 0 Å². The topological polar surface area (TPSA) is 29.3 Å². The van der Waals surface area contributed by atoms with Crippen LogP contribution in [0.25, 0.3) is 33.0 Å². The molecule has 0 bridgehead atoms. The molecule has 0 radical (unpaired) electrons. The molecule has 4 aromatic carbocycles. The van der Waals surface area contributed by atoms with E-state index in [1.165, 1.54) is 16.3 Å². The fourth-order valence-corrected chi connectivity index (χ4v) is 4.89. The molecule has 0 spiro atoms. The van der Waals surface area contributed by atoms with Crippen molar-refractivity contribution in [1.29, 1.82) is 0 Å². The minimum Gasteiger partial charge on any atom is -0.437 e. The van der Waals surface area contributed by atoms with Crippen LogP contribution in [0.5, 0.6) is 0 Å². The second kappa shape index (κ2) is 8.69. The van der Waals surface area contributed by atoms with E-state index >= 15 is 0 Å². The van der Waals surface area contributed by atoms with Crippen LogP contribution >= 0.6 is 0 Å². The van der Waals surface area contributed by atoms with E-state index in [9.17, 15) is 0 Å². The highest BCUT2D eigenvalue weighted by Gasteiger charge is 2.22. The fourth-order valence-electron chi connectivity index (χ4n) is 4.89. The van der Waals surface area contributed by atoms with Crippen LogP contribution in [-0.4, -0.2) is 4.98 Å². The summed E-state index contributed by atoms with van der Waals surface area (Å²) in [5.74, 6) is 0.758. The number of nitrogens with zero attached hydrogens (tertiary/aromatic N) is 2. The number of rotatable bonds is 4. The maximum absolute atomic E-state index is 6.63. The van der Waals surface area contributed by atoms with Crippen LogP contribution in [0.2, 0.25) is 0 Å². The van der Waals surface area contributed by atoms with Gasteiger partial charge in [0.25, 0.3) is 0 Å². The van der Waals surface area contributed by atoms with Gasteiger partial charge < -0.3 is 4.42 Å². The molecule has 176 valence electrons. The Labute approximate surface area is 211 Å². The molecule has 6 aromatic rings. The lowest BCUT2D eigenvalue weighted by molar-refractivity contribution is 0.596. The van der Waals surface area contributed by atoms with Crippen LogP contribution in [0, 0.1) is 0 Å². The van der Waals surface area contributed by atoms with E-state index in [4.69, 9.17) is 9.40 Å². The quantitative estimate of drug-likeness (QED) is 0.258. The number of anilines is 3. The molecule has 0 aliphatic heterocycles. The fraction of sp³-hybridized carbons (Fsp3) is 0.121. The van der Waals surface area contributed by atoms with Gasteiger partial charge in [-0.25, -0.2) is 0 Å². The summed E-state index contributed by atoms with van der Waals surface area (Å²) in [5, 5.41) is 3.51. The monoisotopic (exact) mass is 468 g/mol. The van der Waals surface area contributed by atoms with Crippen LogP contribution in [-0.2, 0) is 5.41 Å². The molecule has 0 N–H and O–H groups in total. The van der Waals surface area contributed by atoms with Gasteiger partial charge in [0.2, 0.25) is 5.88 Å². The summed E-state index contributed by atoms with van der Waals surface area (Å²) in [6, 6.07) is 37.8. The first-order valence-corrected chi connectivity index (χ1v) is 12.3. The molecule has 0 unspecified atom stereocenters. The summed E-state index contributed by atoms with van der Waals surface area (Å²) < 4.78 is 6.63. The van der Waals surface area contributed by atoms with E-state index in [0.717, 1.165) is 39.5 Å². The zero-order chi connectivity index (χ0) is 24.7. The Bertz CT molecular complexity index is 1620. The van der Waals surface area contributed by atoms with Gasteiger partial charge in [-0.15, -0.1) is 0 Å². The summed E-state index contributed by atoms with van der Waals surface area (Å²) in [7, 11) is 0. The third-order valence-corrected chi connectivity index (χ3v) is 6.61. The summed E-state index contributed by atoms with van der Waals surface area (Å²) in [6.07, 6.45) is 1.87. The van der Waals surface area contributed by atoms with Crippen molar-refractivity contribution >= 4 is 39.0 Å². The maximum atomic E-state index is 6.63. The van der Waals surface area contributed by atoms with E-state index in [2.05, 4.69) is 92.4 Å². The SMILES string of the molecule is CC(C)(C)c1cc(-c2nccc3cc(N(c4ccccc4)c4ccccc4)oc23)cc2ccccc12. The smallest absolute Gasteiger partial charge is 0.205 e. The third kappa shape index (κ3) is 3.93. The number of aromatic nitrogens is 1. The van der Waals surface area contributed by atoms with Gasteiger partial charge in [0.1, 0.15) is 5.69 Å². The Morgan fingerprint density at radius 1 is 0.667 bits per heavy atom. The minimum absolute atomic E-state index is 0.00471. The average molecular weight is 469 g/mol. The van der Waals surface area contributed by atoms with Crippen molar-refractivity contribution in [2.75, 3.05) is 4.90 Å². The summed E-state index contributed by atoms with van der Waals surface area (Å²) in [4.78, 5) is 6.96. The number of benzene rings is 4. The molecule has 0 saturated carbocycles. The number of pyridine rings is 1. The normalized spacial score (nSPS) is 11.8. The molecular formula is C33H28N2O. The van der Waals surface area contributed by atoms with Gasteiger partial charge >= 0.3 is 0 Å². The first-order chi connectivity index (χ1) is 17.5. The molecule has 0 atom stereocenters. The molecule has 3 heteroatoms. The highest BCUT2D eigenvalue weighted by atomic mass is 16.4. The number of hydrogen-bond donors (Lipinski definition) is 0. The highest BCUT2D eigenvalue weighted by Crippen LogP contribution is 2.41. The van der Waals surface area contributed by atoms with Crippen molar-refractivity contribution < 1.29 is 4.42 Å². The van der Waals surface area contributed by atoms with E-state index in [1.807, 2.05) is 48.7 Å². The Morgan fingerprint density at radius 2 is 1.31 bits per heavy atom. The largest absolute Gasteiger partial charge is 0.437 e. The summed E-state index contributed by atoms with van der Waals surface area (Å²) in [6.45, 7) is 6.78. The van der Waals surface area contributed by atoms with Gasteiger partial charge in [-0.05, 0) is 64.2 Å². The van der Waals surface area contributed by atoms with Crippen LogP contribution < -0.4 is 4.90 Å². The molecule has 0 aliphatic carbocycles. The maximum Gasteiger partial charge on any atom is 0.205 e. The lowest BCUT2D eigenvalue weighted by atomic mass is 9.82. The predicted octanol–water partition coefficient (Wildman–Crippen LogP) is 9.42. The number of furan rings is 1. The molecule has 2 aromatic heterocycles. The zero-order valence-corrected chi connectivity index (χ0v) is 20.8. The van der Waals surface area contributed by atoms with Crippen molar-refractivity contribution in [3.8, 4) is 11.3 Å². The van der Waals surface area contributed by atoms with Crippen molar-refractivity contribution in [1.82, 2.24) is 4.98 Å². The summed E-state index contributed by atoms with van der Waals surface area (Å²) in [5.41, 5.74) is 6.09. The van der Waals surface area contributed by atoms with Gasteiger partial charge in [0.05, 0.1) is 0 Å². The van der Waals surface area contributed by atoms with Crippen LogP contribution in [0.3, 0.4) is 0 Å². The van der Waals surface area contributed by atoms with E-state index in [-0.39, 0.29) is 5.41 Å². The summed E-state index contributed by atoms with van der Waals surface area (Å²) >= 11 is 0. The first kappa shape index (κ1) is 22.1. The Kier molecular flexibility index (Phi) is 5.34. The molecule has 3 nitrogen and oxygen atoms in total. The molecule has 36 heavy (non-hydrogen) atoms. The molecule has 0 amide bonds. The Hall–Kier alpha value is -4.37. The van der Waals surface area contributed by atoms with Gasteiger partial charge in [-0.2, -0.15) is 0 Å². The lowest BCUT2D eigenvalue weighted by Gasteiger charge is -2.23. The molecule has 2 heterocycles. The zero-order valence-electron chi connectivity index (χ0n) is 20.8. The van der Waals surface area contributed by atoms with Crippen molar-refractivity contribution in [2.45, 2.75) is 26.2 Å². The molecule has 0 fully saturated rings. The van der Waals surface area contributed by atoms with E-state index < -0.39 is 0 Å². The first-order valence-electron chi connectivity index (χ1n) is 12.3. The van der Waals surface area contributed by atoms with Crippen molar-refractivity contribution in [3.05, 3.63) is 121 Å². The average Bonchev–Trinajstić information content (AvgIpc) is 3.32. The lowest BCUT2D eigenvalue weighted by Crippen LogP contribution is -2.12. The Balaban J connectivity index is 1.56. The van der Waals surface area contributed by atoms with Crippen molar-refractivity contribution in [2.24, 2.45) is 0 Å². The third-order valence-electron chi connectivity index (χ3n) is 6.61. The van der Waals surface area contributed by atoms with Gasteiger partial charge in [0.15, 0.2) is 5.58 Å². The van der Waals surface area contributed by atoms with E-state index in [1.54, 1.807) is 0 Å². The second-order valence-electron chi connectivity index (χ2n) is 10.2. The van der Waals surface area contributed by atoms with Crippen LogP contribution in [0.15, 0.2) is 120 Å². The Morgan fingerprint density at radius 3 is 1.97 bits per heavy atom. The number of hydrogen-bond acceptors (Lipinski definition) is 3. The minimum atomic E-state index is -0.00471. The van der Waals surface area contributed by atoms with Gasteiger partial charge in [-0.3, -0.25) is 9.88 Å². The number of para-hydroxylation sites is 2. The highest BCUT2D eigenvalue weighted by molar-refractivity contribution is 5.97. The van der Waals surface area contributed by atoms with Crippen LogP contribution in [0.1, 0.15) is 26.3 Å². The molecule has 0 aliphatic rings. The van der Waals surface area contributed by atoms with Gasteiger partial charge in [-0.1, -0.05) is 81.4 Å². The molecular weight excluding hydrogens is 440 g/mol. The van der Waals surface area contributed by atoms with E-state index in [0.29, 0.717) is 0 Å². The molecule has 0 saturated heterocycles. The standard InChI is InChI=1S/C33H28N2O/c1-33(2,3)29-21-25(20-23-12-10-11-17-28(23)29)31-32-24(18-19-34-31)22-30(36-32)35(26-13-6-4-7-14-26)27-15-8-5-9-16-27/h4-22H,1-3H3. The number of fused-ring (bicyclic) bond motifs is 2. The van der Waals surface area contributed by atoms with Crippen LogP contribution in [0.4, 0.5) is 17.3 Å². The van der Waals surface area contributed by atoms with Gasteiger partial charge in [0, 0.05) is 34.6 Å². The molecule has 6 rings (SSSR count). The predicted molar refractivity (Wildman–Crippen MR) is 150 cm³/mol.